The number of nitrogens with zero attached hydrogens (tertiary/aromatic N) is 1. The smallest absolute Gasteiger partial charge is 0.265 e. The lowest BCUT2D eigenvalue weighted by Crippen LogP contribution is -2.51. The molecule has 0 fully saturated rings. The summed E-state index contributed by atoms with van der Waals surface area (Å²) in [7, 11) is -1.58. The maximum Gasteiger partial charge on any atom is 0.265 e. The number of nitrogens with one attached hydrogen (secondary N) is 2. The standard InChI is InChI=1S/C13H14ClN3O2S/c1-12(2,3)20(19)17-13(7-15)9-6-8(14)4-5-10(9)16-11(13)18/h4-6,17H,1-3H3,(H,16,18)/t13-,20?/m1/s1. The molecule has 1 unspecified atom stereocenters. The number of hydrogen-bond donors (Lipinski definition) is 2. The van der Waals surface area contributed by atoms with E-state index in [0.29, 0.717) is 16.3 Å². The number of nitriles is 1. The molecular weight excluding hydrogens is 298 g/mol. The number of carbonyl (C=O) groups is 1. The van der Waals surface area contributed by atoms with Crippen LogP contribution in [0.4, 0.5) is 5.69 Å². The first kappa shape index (κ1) is 15.0. The number of amides is 1. The summed E-state index contributed by atoms with van der Waals surface area (Å²) in [6, 6.07) is 6.71. The molecule has 5 nitrogen and oxygen atoms in total. The molecule has 1 amide bonds. The average Bonchev–Trinajstić information content (AvgIpc) is 2.61. The highest BCUT2D eigenvalue weighted by molar-refractivity contribution is 7.84. The summed E-state index contributed by atoms with van der Waals surface area (Å²) >= 11 is 5.93. The molecule has 0 saturated heterocycles. The molecule has 0 bridgehead atoms. The van der Waals surface area contributed by atoms with Crippen LogP contribution in [0.15, 0.2) is 18.2 Å². The van der Waals surface area contributed by atoms with Crippen LogP contribution in [0, 0.1) is 11.3 Å². The predicted molar refractivity (Wildman–Crippen MR) is 78.4 cm³/mol. The van der Waals surface area contributed by atoms with Crippen molar-refractivity contribution in [2.75, 3.05) is 5.32 Å². The van der Waals surface area contributed by atoms with E-state index in [9.17, 15) is 14.3 Å². The van der Waals surface area contributed by atoms with E-state index in [4.69, 9.17) is 11.6 Å². The van der Waals surface area contributed by atoms with Crippen LogP contribution in [0.5, 0.6) is 0 Å². The minimum absolute atomic E-state index is 0.398. The molecule has 2 N–H and O–H groups in total. The molecule has 0 spiro atoms. The molecule has 1 aromatic carbocycles. The van der Waals surface area contributed by atoms with E-state index in [1.165, 1.54) is 6.07 Å². The van der Waals surface area contributed by atoms with Crippen molar-refractivity contribution in [1.82, 2.24) is 4.72 Å². The Balaban J connectivity index is 2.52. The molecule has 1 aromatic rings. The normalized spacial score (nSPS) is 22.9. The highest BCUT2D eigenvalue weighted by Gasteiger charge is 2.50. The Kier molecular flexibility index (Phi) is 3.63. The number of halogens is 1. The van der Waals surface area contributed by atoms with Gasteiger partial charge >= 0.3 is 0 Å². The monoisotopic (exact) mass is 311 g/mol. The van der Waals surface area contributed by atoms with Gasteiger partial charge in [-0.2, -0.15) is 5.26 Å². The fourth-order valence-electron chi connectivity index (χ4n) is 1.80. The molecule has 1 aliphatic rings. The largest absolute Gasteiger partial charge is 0.323 e. The summed E-state index contributed by atoms with van der Waals surface area (Å²) in [5.74, 6) is -0.546. The van der Waals surface area contributed by atoms with Crippen molar-refractivity contribution in [2.24, 2.45) is 0 Å². The maximum absolute atomic E-state index is 12.3. The predicted octanol–water partition coefficient (Wildman–Crippen LogP) is 2.06. The van der Waals surface area contributed by atoms with E-state index in [1.807, 2.05) is 6.07 Å². The summed E-state index contributed by atoms with van der Waals surface area (Å²) < 4.78 is 14.3. The summed E-state index contributed by atoms with van der Waals surface area (Å²) in [6.07, 6.45) is 0. The second kappa shape index (κ2) is 4.85. The zero-order valence-corrected chi connectivity index (χ0v) is 12.9. The van der Waals surface area contributed by atoms with Crippen LogP contribution < -0.4 is 10.0 Å². The Hall–Kier alpha value is -1.42. The van der Waals surface area contributed by atoms with Gasteiger partial charge in [0.25, 0.3) is 5.91 Å². The highest BCUT2D eigenvalue weighted by Crippen LogP contribution is 2.38. The fourth-order valence-corrected chi connectivity index (χ4v) is 2.81. The van der Waals surface area contributed by atoms with Gasteiger partial charge in [0, 0.05) is 16.3 Å². The summed E-state index contributed by atoms with van der Waals surface area (Å²) in [5.41, 5.74) is -0.785. The zero-order valence-electron chi connectivity index (χ0n) is 11.3. The minimum Gasteiger partial charge on any atom is -0.323 e. The van der Waals surface area contributed by atoms with Crippen LogP contribution in [-0.4, -0.2) is 14.9 Å². The first-order valence-electron chi connectivity index (χ1n) is 5.93. The number of fused-ring (bicyclic) bond motifs is 1. The van der Waals surface area contributed by atoms with Gasteiger partial charge in [0.05, 0.1) is 15.7 Å². The molecule has 1 heterocycles. The Morgan fingerprint density at radius 1 is 1.45 bits per heavy atom. The average molecular weight is 312 g/mol. The van der Waals surface area contributed by atoms with Crippen molar-refractivity contribution in [3.05, 3.63) is 28.8 Å². The van der Waals surface area contributed by atoms with Crippen molar-refractivity contribution >= 4 is 34.2 Å². The lowest BCUT2D eigenvalue weighted by atomic mass is 9.94. The molecule has 0 radical (unpaired) electrons. The van der Waals surface area contributed by atoms with Gasteiger partial charge in [-0.1, -0.05) is 11.6 Å². The van der Waals surface area contributed by atoms with E-state index in [1.54, 1.807) is 32.9 Å². The SMILES string of the molecule is CC(C)(C)S(=O)N[C@@]1(C#N)C(=O)Nc2ccc(Cl)cc21. The van der Waals surface area contributed by atoms with Gasteiger partial charge < -0.3 is 5.32 Å². The molecule has 106 valence electrons. The maximum atomic E-state index is 12.3. The van der Waals surface area contributed by atoms with Crippen molar-refractivity contribution in [3.63, 3.8) is 0 Å². The highest BCUT2D eigenvalue weighted by atomic mass is 35.5. The molecule has 2 rings (SSSR count). The quantitative estimate of drug-likeness (QED) is 0.877. The minimum atomic E-state index is -1.68. The number of benzene rings is 1. The number of anilines is 1. The summed E-state index contributed by atoms with van der Waals surface area (Å²) in [5, 5.41) is 12.5. The second-order valence-corrected chi connectivity index (χ2v) is 7.89. The first-order valence-corrected chi connectivity index (χ1v) is 7.46. The first-order chi connectivity index (χ1) is 9.20. The molecule has 7 heteroatoms. The van der Waals surface area contributed by atoms with E-state index >= 15 is 0 Å². The van der Waals surface area contributed by atoms with Gasteiger partial charge in [0.2, 0.25) is 5.54 Å². The third-order valence-electron chi connectivity index (χ3n) is 2.94. The van der Waals surface area contributed by atoms with Crippen LogP contribution in [-0.2, 0) is 21.3 Å². The van der Waals surface area contributed by atoms with E-state index in [2.05, 4.69) is 10.0 Å². The van der Waals surface area contributed by atoms with Crippen LogP contribution in [0.1, 0.15) is 26.3 Å². The van der Waals surface area contributed by atoms with Crippen LogP contribution >= 0.6 is 11.6 Å². The summed E-state index contributed by atoms with van der Waals surface area (Å²) in [4.78, 5) is 12.2. The molecule has 0 aromatic heterocycles. The van der Waals surface area contributed by atoms with Crippen molar-refractivity contribution in [1.29, 1.82) is 5.26 Å². The van der Waals surface area contributed by atoms with Crippen LogP contribution in [0.25, 0.3) is 0 Å². The molecule has 1 aliphatic heterocycles. The Morgan fingerprint density at radius 3 is 2.65 bits per heavy atom. The number of rotatable bonds is 2. The van der Waals surface area contributed by atoms with Crippen molar-refractivity contribution in [2.45, 2.75) is 31.1 Å². The zero-order chi connectivity index (χ0) is 15.1. The topological polar surface area (TPSA) is 82.0 Å². The molecule has 0 saturated carbocycles. The van der Waals surface area contributed by atoms with E-state index < -0.39 is 27.2 Å². The van der Waals surface area contributed by atoms with Crippen LogP contribution in [0.3, 0.4) is 0 Å². The van der Waals surface area contributed by atoms with Crippen molar-refractivity contribution < 1.29 is 9.00 Å². The Labute approximate surface area is 124 Å². The third kappa shape index (κ3) is 2.33. The number of carbonyl (C=O) groups excluding carboxylic acids is 1. The number of hydrogen-bond acceptors (Lipinski definition) is 3. The van der Waals surface area contributed by atoms with Crippen molar-refractivity contribution in [3.8, 4) is 6.07 Å². The van der Waals surface area contributed by atoms with Gasteiger partial charge in [-0.25, -0.2) is 8.93 Å². The molecular formula is C13H14ClN3O2S. The van der Waals surface area contributed by atoms with Gasteiger partial charge in [-0.05, 0) is 39.0 Å². The Morgan fingerprint density at radius 2 is 2.10 bits per heavy atom. The molecule has 20 heavy (non-hydrogen) atoms. The fraction of sp³-hybridized carbons (Fsp3) is 0.385. The molecule has 2 atom stereocenters. The lowest BCUT2D eigenvalue weighted by Gasteiger charge is -2.26. The lowest BCUT2D eigenvalue weighted by molar-refractivity contribution is -0.119. The Bertz CT molecular complexity index is 648. The van der Waals surface area contributed by atoms with Gasteiger partial charge in [-0.15, -0.1) is 0 Å². The van der Waals surface area contributed by atoms with E-state index in [0.717, 1.165) is 0 Å². The van der Waals surface area contributed by atoms with E-state index in [-0.39, 0.29) is 0 Å². The molecule has 0 aliphatic carbocycles. The van der Waals surface area contributed by atoms with Crippen LogP contribution in [0.2, 0.25) is 5.02 Å². The second-order valence-electron chi connectivity index (χ2n) is 5.49. The van der Waals surface area contributed by atoms with Gasteiger partial charge in [-0.3, -0.25) is 4.79 Å². The third-order valence-corrected chi connectivity index (χ3v) is 4.78. The summed E-state index contributed by atoms with van der Waals surface area (Å²) in [6.45, 7) is 5.27. The van der Waals surface area contributed by atoms with Gasteiger partial charge in [0.15, 0.2) is 0 Å². The van der Waals surface area contributed by atoms with Gasteiger partial charge in [0.1, 0.15) is 6.07 Å².